The van der Waals surface area contributed by atoms with Crippen LogP contribution in [-0.4, -0.2) is 66.0 Å². The van der Waals surface area contributed by atoms with Crippen LogP contribution in [0.2, 0.25) is 0 Å². The number of carbonyl (C=O) groups excluding carboxylic acids is 1. The minimum Gasteiger partial charge on any atom is -0.502 e. The lowest BCUT2D eigenvalue weighted by molar-refractivity contribution is -0.132. The molecule has 0 bridgehead atoms. The lowest BCUT2D eigenvalue weighted by Gasteiger charge is -2.38. The van der Waals surface area contributed by atoms with Crippen LogP contribution in [0, 0.1) is 0 Å². The van der Waals surface area contributed by atoms with E-state index in [1.54, 1.807) is 23.9 Å². The summed E-state index contributed by atoms with van der Waals surface area (Å²) in [6.45, 7) is 10.2. The van der Waals surface area contributed by atoms with Crippen molar-refractivity contribution >= 4 is 17.7 Å². The molecule has 1 aromatic carbocycles. The molecule has 1 heterocycles. The fourth-order valence-electron chi connectivity index (χ4n) is 3.53. The second kappa shape index (κ2) is 9.55. The number of benzene rings is 1. The number of hydrogen-bond donors (Lipinski definition) is 1. The summed E-state index contributed by atoms with van der Waals surface area (Å²) in [6.07, 6.45) is 0.552. The maximum absolute atomic E-state index is 12.7. The number of rotatable bonds is 8. The molecule has 0 saturated carbocycles. The van der Waals surface area contributed by atoms with Crippen molar-refractivity contribution in [1.29, 1.82) is 0 Å². The van der Waals surface area contributed by atoms with E-state index in [0.717, 1.165) is 17.9 Å². The van der Waals surface area contributed by atoms with Crippen LogP contribution in [0.3, 0.4) is 0 Å². The number of ether oxygens (including phenoxy) is 2. The first-order valence-electron chi connectivity index (χ1n) is 9.41. The van der Waals surface area contributed by atoms with Gasteiger partial charge in [-0.15, -0.1) is 11.8 Å². The Morgan fingerprint density at radius 3 is 2.22 bits per heavy atom. The highest BCUT2D eigenvalue weighted by atomic mass is 32.2. The Balaban J connectivity index is 2.29. The number of thioether (sulfide) groups is 1. The van der Waals surface area contributed by atoms with Gasteiger partial charge in [0.05, 0.1) is 14.2 Å². The fraction of sp³-hybridized carbons (Fsp3) is 0.650. The third kappa shape index (κ3) is 5.02. The number of aromatic hydroxyl groups is 1. The van der Waals surface area contributed by atoms with Crippen LogP contribution in [0.25, 0.3) is 0 Å². The maximum Gasteiger partial charge on any atom is 0.224 e. The quantitative estimate of drug-likeness (QED) is 0.726. The van der Waals surface area contributed by atoms with Gasteiger partial charge in [0.2, 0.25) is 11.7 Å². The van der Waals surface area contributed by atoms with Gasteiger partial charge in [0, 0.05) is 37.3 Å². The van der Waals surface area contributed by atoms with Gasteiger partial charge in [-0.05, 0) is 45.4 Å². The van der Waals surface area contributed by atoms with Gasteiger partial charge >= 0.3 is 0 Å². The molecule has 27 heavy (non-hydrogen) atoms. The standard InChI is InChI=1S/C20H32N2O4S/c1-13(2)21(14(3)4)8-9-22-18(23)7-10-27-20(22)15-11-16(25-5)19(24)17(12-15)26-6/h11-14,20,24H,7-10H2,1-6H3. The van der Waals surface area contributed by atoms with Crippen LogP contribution < -0.4 is 9.47 Å². The van der Waals surface area contributed by atoms with Crippen molar-refractivity contribution in [3.63, 3.8) is 0 Å². The molecule has 1 atom stereocenters. The van der Waals surface area contributed by atoms with E-state index in [0.29, 0.717) is 36.5 Å². The molecule has 6 nitrogen and oxygen atoms in total. The highest BCUT2D eigenvalue weighted by Crippen LogP contribution is 2.44. The van der Waals surface area contributed by atoms with Crippen LogP contribution in [0.1, 0.15) is 45.1 Å². The molecule has 0 aliphatic carbocycles. The lowest BCUT2D eigenvalue weighted by atomic mass is 10.1. The van der Waals surface area contributed by atoms with Crippen LogP contribution in [-0.2, 0) is 4.79 Å². The molecule has 1 amide bonds. The Labute approximate surface area is 166 Å². The van der Waals surface area contributed by atoms with Gasteiger partial charge in [0.1, 0.15) is 5.37 Å². The highest BCUT2D eigenvalue weighted by molar-refractivity contribution is 7.99. The third-order valence-corrected chi connectivity index (χ3v) is 6.19. The van der Waals surface area contributed by atoms with Crippen molar-refractivity contribution in [2.45, 2.75) is 51.6 Å². The van der Waals surface area contributed by atoms with Crippen LogP contribution >= 0.6 is 11.8 Å². The van der Waals surface area contributed by atoms with Gasteiger partial charge in [-0.1, -0.05) is 0 Å². The predicted molar refractivity (Wildman–Crippen MR) is 110 cm³/mol. The maximum atomic E-state index is 12.7. The predicted octanol–water partition coefficient (Wildman–Crippen LogP) is 3.49. The zero-order valence-corrected chi connectivity index (χ0v) is 18.0. The van der Waals surface area contributed by atoms with Gasteiger partial charge in [0.15, 0.2) is 11.5 Å². The summed E-state index contributed by atoms with van der Waals surface area (Å²) in [5.41, 5.74) is 0.903. The van der Waals surface area contributed by atoms with Crippen LogP contribution in [0.5, 0.6) is 17.2 Å². The molecule has 1 saturated heterocycles. The molecule has 0 radical (unpaired) electrons. The molecule has 1 N–H and O–H groups in total. The van der Waals surface area contributed by atoms with Crippen molar-refractivity contribution in [2.24, 2.45) is 0 Å². The average Bonchev–Trinajstić information content (AvgIpc) is 2.62. The largest absolute Gasteiger partial charge is 0.502 e. The highest BCUT2D eigenvalue weighted by Gasteiger charge is 2.31. The summed E-state index contributed by atoms with van der Waals surface area (Å²) in [4.78, 5) is 17.0. The lowest BCUT2D eigenvalue weighted by Crippen LogP contribution is -2.46. The zero-order chi connectivity index (χ0) is 20.1. The van der Waals surface area contributed by atoms with E-state index in [1.807, 2.05) is 4.90 Å². The van der Waals surface area contributed by atoms with Gasteiger partial charge < -0.3 is 19.5 Å². The Morgan fingerprint density at radius 2 is 1.74 bits per heavy atom. The summed E-state index contributed by atoms with van der Waals surface area (Å²) < 4.78 is 10.6. The molecule has 1 unspecified atom stereocenters. The van der Waals surface area contributed by atoms with E-state index in [9.17, 15) is 9.90 Å². The van der Waals surface area contributed by atoms with Crippen molar-refractivity contribution in [1.82, 2.24) is 9.80 Å². The topological polar surface area (TPSA) is 62.2 Å². The van der Waals surface area contributed by atoms with Crippen molar-refractivity contribution < 1.29 is 19.4 Å². The van der Waals surface area contributed by atoms with Crippen LogP contribution in [0.15, 0.2) is 12.1 Å². The minimum absolute atomic E-state index is 0.0202. The number of phenols is 1. The van der Waals surface area contributed by atoms with E-state index in [4.69, 9.17) is 9.47 Å². The second-order valence-electron chi connectivity index (χ2n) is 7.26. The molecule has 1 aliphatic heterocycles. The van der Waals surface area contributed by atoms with E-state index >= 15 is 0 Å². The number of hydrogen-bond acceptors (Lipinski definition) is 6. The third-order valence-electron chi connectivity index (χ3n) is 4.91. The van der Waals surface area contributed by atoms with Gasteiger partial charge in [-0.3, -0.25) is 9.69 Å². The Hall–Kier alpha value is -1.60. The summed E-state index contributed by atoms with van der Waals surface area (Å²) in [7, 11) is 3.02. The summed E-state index contributed by atoms with van der Waals surface area (Å²) >= 11 is 1.73. The Bertz CT molecular complexity index is 618. The number of phenolic OH excluding ortho intramolecular Hbond substituents is 1. The number of nitrogens with zero attached hydrogens (tertiary/aromatic N) is 2. The fourth-order valence-corrected chi connectivity index (χ4v) is 4.78. The van der Waals surface area contributed by atoms with Crippen molar-refractivity contribution in [3.8, 4) is 17.2 Å². The smallest absolute Gasteiger partial charge is 0.224 e. The first-order chi connectivity index (χ1) is 12.8. The van der Waals surface area contributed by atoms with Crippen LogP contribution in [0.4, 0.5) is 0 Å². The normalized spacial score (nSPS) is 17.9. The Morgan fingerprint density at radius 1 is 1.19 bits per heavy atom. The van der Waals surface area contributed by atoms with Gasteiger partial charge in [-0.25, -0.2) is 0 Å². The van der Waals surface area contributed by atoms with Gasteiger partial charge in [0.25, 0.3) is 0 Å². The summed E-state index contributed by atoms with van der Waals surface area (Å²) in [5.74, 6) is 1.64. The number of carbonyl (C=O) groups is 1. The summed E-state index contributed by atoms with van der Waals surface area (Å²) in [6, 6.07) is 4.43. The zero-order valence-electron chi connectivity index (χ0n) is 17.2. The molecule has 152 valence electrons. The van der Waals surface area contributed by atoms with Crippen molar-refractivity contribution in [3.05, 3.63) is 17.7 Å². The van der Waals surface area contributed by atoms with Crippen molar-refractivity contribution in [2.75, 3.05) is 33.1 Å². The van der Waals surface area contributed by atoms with E-state index < -0.39 is 0 Å². The molecular weight excluding hydrogens is 364 g/mol. The molecule has 1 aromatic rings. The average molecular weight is 397 g/mol. The van der Waals surface area contributed by atoms with E-state index in [2.05, 4.69) is 32.6 Å². The number of amides is 1. The molecule has 0 spiro atoms. The SMILES string of the molecule is COc1cc(C2SCCC(=O)N2CCN(C(C)C)C(C)C)cc(OC)c1O. The second-order valence-corrected chi connectivity index (χ2v) is 8.45. The Kier molecular flexibility index (Phi) is 7.68. The van der Waals surface area contributed by atoms with Gasteiger partial charge in [-0.2, -0.15) is 0 Å². The summed E-state index contributed by atoms with van der Waals surface area (Å²) in [5, 5.41) is 10.1. The minimum atomic E-state index is -0.115. The van der Waals surface area contributed by atoms with E-state index in [-0.39, 0.29) is 17.0 Å². The molecule has 1 aliphatic rings. The molecule has 2 rings (SSSR count). The molecule has 7 heteroatoms. The first kappa shape index (κ1) is 21.7. The molecule has 1 fully saturated rings. The van der Waals surface area contributed by atoms with E-state index in [1.165, 1.54) is 14.2 Å². The molecular formula is C20H32N2O4S. The first-order valence-corrected chi connectivity index (χ1v) is 10.5. The number of methoxy groups -OCH3 is 2. The monoisotopic (exact) mass is 396 g/mol. The molecule has 0 aromatic heterocycles.